The number of pyridine rings is 2. The molecule has 0 aliphatic carbocycles. The number of esters is 2. The van der Waals surface area contributed by atoms with Crippen molar-refractivity contribution in [3.63, 3.8) is 0 Å². The van der Waals surface area contributed by atoms with Gasteiger partial charge in [0.05, 0.1) is 15.7 Å². The summed E-state index contributed by atoms with van der Waals surface area (Å²) in [6, 6.07) is 52.8. The Balaban J connectivity index is 1.19. The van der Waals surface area contributed by atoms with Gasteiger partial charge in [0.2, 0.25) is 0 Å². The monoisotopic (exact) mass is 1240 g/mol. The lowest BCUT2D eigenvalue weighted by Crippen LogP contribution is -2.08. The zero-order valence-electron chi connectivity index (χ0n) is 50.0. The fraction of sp³-hybridized carbons (Fsp3) is 0.132. The topological polar surface area (TPSA) is 119 Å². The summed E-state index contributed by atoms with van der Waals surface area (Å²) in [7, 11) is 0. The maximum atomic E-state index is 13.6. The Kier molecular flexibility index (Phi) is 17.0. The SMILES string of the molecule is CC(=O)Oc1cccc(-c2[c]c(-c3cc(C)ccc3C)c(OC(C)=O)c(-c3cccc(O)c3)c2-c2cc(C)ccc2C)c1-c1ccc(C)c(-c2cccc(O)c2-c2cc(Cl)cc(-c3ccc(C)nc3-c3ccc(Cl)c(-c4ccc(C)nc4)c3Cl)c2Cl)c1C. The Morgan fingerprint density at radius 3 is 1.80 bits per heavy atom. The highest BCUT2D eigenvalue weighted by Gasteiger charge is 2.31. The molecule has 0 spiro atoms. The molecule has 2 heterocycles. The molecule has 11 rings (SSSR count). The van der Waals surface area contributed by atoms with E-state index in [1.807, 2.05) is 152 Å². The first kappa shape index (κ1) is 60.7. The van der Waals surface area contributed by atoms with Crippen LogP contribution in [0, 0.1) is 61.5 Å². The first-order valence-corrected chi connectivity index (χ1v) is 30.0. The standard InChI is InChI=1S/C76H59Cl4N2O6/c1-39-20-22-41(3)58(32-39)62-37-60(72(59-33-40(2)21-23-42(59)4)69(76(62)88-48(10)84)49-14-11-15-52(85)34-49)54-16-13-19-66(87-47(9)83)71(54)53-28-24-43(5)67(46(53)8)56-17-12-18-65(86)70(56)63-36-51(77)35-61(73(63)79)55-29-26-45(7)82-75(55)57-30-31-64(78)68(74(57)80)50-27-25-44(6)81-38-50/h11-36,38,85-86H,1-10H3. The largest absolute Gasteiger partial charge is 0.508 e. The first-order chi connectivity index (χ1) is 42.1. The van der Waals surface area contributed by atoms with Crippen molar-refractivity contribution in [3.8, 4) is 134 Å². The van der Waals surface area contributed by atoms with E-state index >= 15 is 0 Å². The minimum Gasteiger partial charge on any atom is -0.508 e. The highest BCUT2D eigenvalue weighted by molar-refractivity contribution is 6.41. The molecular weight excluding hydrogens is 1180 g/mol. The molecule has 0 aliphatic heterocycles. The number of phenolic OH excluding ortho intramolecular Hbond substituents is 2. The van der Waals surface area contributed by atoms with Crippen molar-refractivity contribution in [2.45, 2.75) is 69.2 Å². The predicted molar refractivity (Wildman–Crippen MR) is 359 cm³/mol. The van der Waals surface area contributed by atoms with Gasteiger partial charge in [-0.05, 0) is 183 Å². The zero-order chi connectivity index (χ0) is 62.6. The quantitative estimate of drug-likeness (QED) is 0.0917. The summed E-state index contributed by atoms with van der Waals surface area (Å²) in [6.07, 6.45) is 1.74. The molecule has 1 radical (unpaired) electrons. The maximum Gasteiger partial charge on any atom is 0.308 e. The Bertz CT molecular complexity index is 4690. The number of rotatable bonds is 12. The lowest BCUT2D eigenvalue weighted by Gasteiger charge is -2.26. The molecule has 8 nitrogen and oxygen atoms in total. The van der Waals surface area contributed by atoms with Gasteiger partial charge in [-0.2, -0.15) is 0 Å². The second-order valence-electron chi connectivity index (χ2n) is 22.3. The lowest BCUT2D eigenvalue weighted by atomic mass is 9.79. The number of hydrogen-bond acceptors (Lipinski definition) is 8. The van der Waals surface area contributed by atoms with E-state index in [0.717, 1.165) is 67.0 Å². The Labute approximate surface area is 532 Å². The number of nitrogens with zero attached hydrogens (tertiary/aromatic N) is 2. The summed E-state index contributed by atoms with van der Waals surface area (Å²) < 4.78 is 12.7. The fourth-order valence-electron chi connectivity index (χ4n) is 11.8. The van der Waals surface area contributed by atoms with Gasteiger partial charge < -0.3 is 19.7 Å². The van der Waals surface area contributed by atoms with Gasteiger partial charge in [0.25, 0.3) is 0 Å². The fourth-order valence-corrected chi connectivity index (χ4v) is 13.0. The number of aromatic hydroxyl groups is 2. The van der Waals surface area contributed by atoms with Crippen LogP contribution in [0.4, 0.5) is 0 Å². The third kappa shape index (κ3) is 11.6. The molecule has 2 aromatic heterocycles. The van der Waals surface area contributed by atoms with Crippen LogP contribution in [0.25, 0.3) is 111 Å². The molecule has 9 aromatic carbocycles. The van der Waals surface area contributed by atoms with Crippen molar-refractivity contribution in [1.29, 1.82) is 0 Å². The molecular formula is C76H59Cl4N2O6. The average Bonchev–Trinajstić information content (AvgIpc) is 1.05. The smallest absolute Gasteiger partial charge is 0.308 e. The zero-order valence-corrected chi connectivity index (χ0v) is 53.0. The number of carbonyl (C=O) groups excluding carboxylic acids is 2. The molecule has 0 atom stereocenters. The van der Waals surface area contributed by atoms with Gasteiger partial charge in [0.15, 0.2) is 0 Å². The lowest BCUT2D eigenvalue weighted by molar-refractivity contribution is -0.132. The predicted octanol–water partition coefficient (Wildman–Crippen LogP) is 21.3. The number of phenols is 2. The number of aromatic nitrogens is 2. The van der Waals surface area contributed by atoms with E-state index < -0.39 is 11.9 Å². The van der Waals surface area contributed by atoms with E-state index in [0.29, 0.717) is 104 Å². The summed E-state index contributed by atoms with van der Waals surface area (Å²) in [4.78, 5) is 36.6. The highest BCUT2D eigenvalue weighted by atomic mass is 35.5. The van der Waals surface area contributed by atoms with E-state index in [1.165, 1.54) is 13.8 Å². The second-order valence-corrected chi connectivity index (χ2v) is 23.9. The van der Waals surface area contributed by atoms with Gasteiger partial charge in [-0.15, -0.1) is 0 Å². The van der Waals surface area contributed by atoms with Crippen LogP contribution < -0.4 is 9.47 Å². The van der Waals surface area contributed by atoms with E-state index in [2.05, 4.69) is 17.1 Å². The summed E-state index contributed by atoms with van der Waals surface area (Å²) in [5, 5.41) is 25.1. The van der Waals surface area contributed by atoms with Gasteiger partial charge in [0.1, 0.15) is 23.0 Å². The van der Waals surface area contributed by atoms with Gasteiger partial charge in [-0.25, -0.2) is 0 Å². The molecule has 0 saturated carbocycles. The molecule has 0 unspecified atom stereocenters. The van der Waals surface area contributed by atoms with Crippen LogP contribution in [0.5, 0.6) is 23.0 Å². The molecule has 0 bridgehead atoms. The van der Waals surface area contributed by atoms with E-state index in [9.17, 15) is 19.8 Å². The van der Waals surface area contributed by atoms with Crippen molar-refractivity contribution in [1.82, 2.24) is 9.97 Å². The average molecular weight is 1240 g/mol. The molecule has 0 amide bonds. The van der Waals surface area contributed by atoms with Crippen LogP contribution in [0.3, 0.4) is 0 Å². The molecule has 11 aromatic rings. The first-order valence-electron chi connectivity index (χ1n) is 28.5. The maximum absolute atomic E-state index is 13.6. The Morgan fingerprint density at radius 1 is 0.455 bits per heavy atom. The third-order valence-electron chi connectivity index (χ3n) is 15.9. The van der Waals surface area contributed by atoms with Crippen LogP contribution in [0.15, 0.2) is 164 Å². The molecule has 2 N–H and O–H groups in total. The van der Waals surface area contributed by atoms with E-state index in [-0.39, 0.29) is 28.0 Å². The summed E-state index contributed by atoms with van der Waals surface area (Å²) in [5.41, 5.74) is 19.1. The normalized spacial score (nSPS) is 11.2. The molecule has 88 heavy (non-hydrogen) atoms. The van der Waals surface area contributed by atoms with Crippen LogP contribution in [0.2, 0.25) is 20.1 Å². The number of benzene rings is 9. The summed E-state index contributed by atoms with van der Waals surface area (Å²) in [5.74, 6) is -0.618. The number of aryl methyl sites for hydroxylation is 7. The van der Waals surface area contributed by atoms with Gasteiger partial charge in [0, 0.05) is 109 Å². The number of hydrogen-bond donors (Lipinski definition) is 2. The number of ether oxygens (including phenoxy) is 2. The number of halogens is 4. The van der Waals surface area contributed by atoms with Crippen molar-refractivity contribution in [2.24, 2.45) is 0 Å². The van der Waals surface area contributed by atoms with Crippen LogP contribution in [0.1, 0.15) is 58.6 Å². The highest BCUT2D eigenvalue weighted by Crippen LogP contribution is 2.56. The minimum atomic E-state index is -0.548. The molecule has 0 aliphatic rings. The molecule has 0 saturated heterocycles. The van der Waals surface area contributed by atoms with Crippen molar-refractivity contribution >= 4 is 58.3 Å². The molecule has 0 fully saturated rings. The molecule has 12 heteroatoms. The van der Waals surface area contributed by atoms with Crippen molar-refractivity contribution in [2.75, 3.05) is 0 Å². The van der Waals surface area contributed by atoms with E-state index in [1.54, 1.807) is 60.8 Å². The minimum absolute atomic E-state index is 0.00775. The van der Waals surface area contributed by atoms with Crippen LogP contribution in [-0.4, -0.2) is 32.1 Å². The third-order valence-corrected chi connectivity index (χ3v) is 17.2. The Morgan fingerprint density at radius 2 is 1.09 bits per heavy atom. The van der Waals surface area contributed by atoms with Crippen molar-refractivity contribution < 1.29 is 29.3 Å². The van der Waals surface area contributed by atoms with Crippen molar-refractivity contribution in [3.05, 3.63) is 235 Å². The number of carbonyl (C=O) groups is 2. The van der Waals surface area contributed by atoms with Crippen LogP contribution in [-0.2, 0) is 9.59 Å². The van der Waals surface area contributed by atoms with Gasteiger partial charge >= 0.3 is 11.9 Å². The second kappa shape index (κ2) is 24.6. The summed E-state index contributed by atoms with van der Waals surface area (Å²) in [6.45, 7) is 18.6. The van der Waals surface area contributed by atoms with E-state index in [4.69, 9.17) is 60.9 Å². The molecule has 437 valence electrons. The Hall–Kier alpha value is -9.02. The van der Waals surface area contributed by atoms with Crippen LogP contribution >= 0.6 is 46.4 Å². The van der Waals surface area contributed by atoms with Gasteiger partial charge in [-0.1, -0.05) is 155 Å². The van der Waals surface area contributed by atoms with Gasteiger partial charge in [-0.3, -0.25) is 19.6 Å². The summed E-state index contributed by atoms with van der Waals surface area (Å²) >= 11 is 29.2.